The molecule has 0 spiro atoms. The van der Waals surface area contributed by atoms with E-state index in [9.17, 15) is 4.79 Å². The maximum Gasteiger partial charge on any atom is 0.258 e. The van der Waals surface area contributed by atoms with Crippen LogP contribution < -0.4 is 9.64 Å². The lowest BCUT2D eigenvalue weighted by atomic mass is 9.96. The van der Waals surface area contributed by atoms with Gasteiger partial charge in [-0.05, 0) is 31.9 Å². The highest BCUT2D eigenvalue weighted by Gasteiger charge is 2.32. The second kappa shape index (κ2) is 8.33. The SMILES string of the molecule is CCOc1nc2ccccc2nc1N1CCC[C@@H](C(=O)N2CCSCC2)C1. The zero-order valence-electron chi connectivity index (χ0n) is 15.8. The van der Waals surface area contributed by atoms with Gasteiger partial charge in [-0.3, -0.25) is 4.79 Å². The summed E-state index contributed by atoms with van der Waals surface area (Å²) in [7, 11) is 0. The van der Waals surface area contributed by atoms with Crippen LogP contribution >= 0.6 is 11.8 Å². The van der Waals surface area contributed by atoms with Crippen LogP contribution in [0.3, 0.4) is 0 Å². The van der Waals surface area contributed by atoms with Crippen molar-refractivity contribution in [3.63, 3.8) is 0 Å². The van der Waals surface area contributed by atoms with E-state index in [1.807, 2.05) is 47.9 Å². The smallest absolute Gasteiger partial charge is 0.258 e. The molecule has 2 fully saturated rings. The summed E-state index contributed by atoms with van der Waals surface area (Å²) in [4.78, 5) is 26.7. The van der Waals surface area contributed by atoms with Crippen LogP contribution in [0.2, 0.25) is 0 Å². The molecular formula is C20H26N4O2S. The van der Waals surface area contributed by atoms with Gasteiger partial charge in [-0.1, -0.05) is 12.1 Å². The second-order valence-corrected chi connectivity index (χ2v) is 8.22. The van der Waals surface area contributed by atoms with Gasteiger partial charge in [0, 0.05) is 37.7 Å². The minimum absolute atomic E-state index is 0.0320. The molecule has 0 bridgehead atoms. The Morgan fingerprint density at radius 3 is 2.67 bits per heavy atom. The average Bonchev–Trinajstić information content (AvgIpc) is 2.73. The molecule has 144 valence electrons. The topological polar surface area (TPSA) is 58.6 Å². The number of para-hydroxylation sites is 2. The molecule has 2 aliphatic heterocycles. The van der Waals surface area contributed by atoms with E-state index in [1.54, 1.807) is 0 Å². The molecule has 0 unspecified atom stereocenters. The number of carbonyl (C=O) groups excluding carboxylic acids is 1. The Hall–Kier alpha value is -2.02. The highest BCUT2D eigenvalue weighted by atomic mass is 32.2. The number of rotatable bonds is 4. The van der Waals surface area contributed by atoms with E-state index in [4.69, 9.17) is 9.72 Å². The average molecular weight is 387 g/mol. The van der Waals surface area contributed by atoms with Crippen LogP contribution in [0.4, 0.5) is 5.82 Å². The van der Waals surface area contributed by atoms with Crippen LogP contribution in [-0.4, -0.2) is 65.1 Å². The number of ether oxygens (including phenoxy) is 1. The van der Waals surface area contributed by atoms with Crippen LogP contribution in [-0.2, 0) is 4.79 Å². The van der Waals surface area contributed by atoms with Crippen molar-refractivity contribution >= 4 is 34.5 Å². The predicted molar refractivity (Wildman–Crippen MR) is 110 cm³/mol. The monoisotopic (exact) mass is 386 g/mol. The number of fused-ring (bicyclic) bond motifs is 1. The van der Waals surface area contributed by atoms with Crippen molar-refractivity contribution in [2.24, 2.45) is 5.92 Å². The van der Waals surface area contributed by atoms with E-state index in [-0.39, 0.29) is 5.92 Å². The maximum atomic E-state index is 13.0. The molecule has 2 aliphatic rings. The van der Waals surface area contributed by atoms with Crippen LogP contribution in [0.25, 0.3) is 11.0 Å². The third-order valence-corrected chi connectivity index (χ3v) is 6.14. The van der Waals surface area contributed by atoms with Gasteiger partial charge in [0.1, 0.15) is 0 Å². The maximum absolute atomic E-state index is 13.0. The van der Waals surface area contributed by atoms with Gasteiger partial charge in [0.25, 0.3) is 5.88 Å². The van der Waals surface area contributed by atoms with E-state index >= 15 is 0 Å². The lowest BCUT2D eigenvalue weighted by Crippen LogP contribution is -2.47. The van der Waals surface area contributed by atoms with Gasteiger partial charge in [-0.25, -0.2) is 9.97 Å². The van der Waals surface area contributed by atoms with Gasteiger partial charge in [-0.2, -0.15) is 11.8 Å². The summed E-state index contributed by atoms with van der Waals surface area (Å²) in [5.74, 6) is 3.76. The molecule has 1 aromatic carbocycles. The quantitative estimate of drug-likeness (QED) is 0.805. The van der Waals surface area contributed by atoms with E-state index in [0.717, 1.165) is 60.8 Å². The summed E-state index contributed by atoms with van der Waals surface area (Å²) in [6.45, 7) is 5.82. The number of hydrogen-bond acceptors (Lipinski definition) is 6. The highest BCUT2D eigenvalue weighted by Crippen LogP contribution is 2.31. The number of piperidine rings is 1. The second-order valence-electron chi connectivity index (χ2n) is 7.00. The van der Waals surface area contributed by atoms with Crippen molar-refractivity contribution in [3.8, 4) is 5.88 Å². The standard InChI is InChI=1S/C20H26N4O2S/c1-2-26-19-18(21-16-7-3-4-8-17(16)22-19)24-9-5-6-15(14-24)20(25)23-10-12-27-13-11-23/h3-4,7-8,15H,2,5-6,9-14H2,1H3/t15-/m1/s1. The Morgan fingerprint density at radius 2 is 1.93 bits per heavy atom. The van der Waals surface area contributed by atoms with Crippen LogP contribution in [0.15, 0.2) is 24.3 Å². The number of hydrogen-bond donors (Lipinski definition) is 0. The molecule has 27 heavy (non-hydrogen) atoms. The van der Waals surface area contributed by atoms with Crippen molar-refractivity contribution < 1.29 is 9.53 Å². The fourth-order valence-electron chi connectivity index (χ4n) is 3.83. The lowest BCUT2D eigenvalue weighted by molar-refractivity contribution is -0.135. The van der Waals surface area contributed by atoms with Crippen molar-refractivity contribution in [2.45, 2.75) is 19.8 Å². The van der Waals surface area contributed by atoms with Gasteiger partial charge in [0.15, 0.2) is 5.82 Å². The highest BCUT2D eigenvalue weighted by molar-refractivity contribution is 7.99. The van der Waals surface area contributed by atoms with Crippen LogP contribution in [0.5, 0.6) is 5.88 Å². The first-order chi connectivity index (χ1) is 13.3. The number of benzene rings is 1. The lowest BCUT2D eigenvalue weighted by Gasteiger charge is -2.36. The minimum atomic E-state index is 0.0320. The first kappa shape index (κ1) is 18.3. The molecule has 7 heteroatoms. The molecule has 2 aromatic rings. The molecule has 0 aliphatic carbocycles. The minimum Gasteiger partial charge on any atom is -0.475 e. The Kier molecular flexibility index (Phi) is 5.66. The van der Waals surface area contributed by atoms with E-state index < -0.39 is 0 Å². The zero-order chi connectivity index (χ0) is 18.6. The molecule has 1 amide bonds. The molecule has 1 aromatic heterocycles. The molecular weight excluding hydrogens is 360 g/mol. The summed E-state index contributed by atoms with van der Waals surface area (Å²) in [5.41, 5.74) is 1.69. The van der Waals surface area contributed by atoms with Gasteiger partial charge in [-0.15, -0.1) is 0 Å². The first-order valence-corrected chi connectivity index (χ1v) is 10.9. The molecule has 0 N–H and O–H groups in total. The number of aromatic nitrogens is 2. The Bertz CT molecular complexity index is 810. The number of thioether (sulfide) groups is 1. The number of anilines is 1. The molecule has 0 saturated carbocycles. The van der Waals surface area contributed by atoms with Gasteiger partial charge < -0.3 is 14.5 Å². The molecule has 3 heterocycles. The third-order valence-electron chi connectivity index (χ3n) is 5.20. The van der Waals surface area contributed by atoms with Gasteiger partial charge in [0.2, 0.25) is 5.91 Å². The summed E-state index contributed by atoms with van der Waals surface area (Å²) in [6, 6.07) is 7.85. The summed E-state index contributed by atoms with van der Waals surface area (Å²) >= 11 is 1.93. The Labute approximate surface area is 164 Å². The Morgan fingerprint density at radius 1 is 1.19 bits per heavy atom. The first-order valence-electron chi connectivity index (χ1n) is 9.77. The predicted octanol–water partition coefficient (Wildman–Crippen LogP) is 2.82. The molecule has 2 saturated heterocycles. The molecule has 0 radical (unpaired) electrons. The molecule has 1 atom stereocenters. The number of amides is 1. The molecule has 4 rings (SSSR count). The van der Waals surface area contributed by atoms with E-state index in [1.165, 1.54) is 0 Å². The fourth-order valence-corrected chi connectivity index (χ4v) is 4.73. The van der Waals surface area contributed by atoms with E-state index in [2.05, 4.69) is 9.88 Å². The largest absolute Gasteiger partial charge is 0.475 e. The van der Waals surface area contributed by atoms with Gasteiger partial charge in [0.05, 0.1) is 23.6 Å². The normalized spacial score (nSPS) is 20.7. The van der Waals surface area contributed by atoms with Gasteiger partial charge >= 0.3 is 0 Å². The number of nitrogens with zero attached hydrogens (tertiary/aromatic N) is 4. The Balaban J connectivity index is 1.58. The summed E-state index contributed by atoms with van der Waals surface area (Å²) in [6.07, 6.45) is 1.93. The zero-order valence-corrected chi connectivity index (χ0v) is 16.6. The van der Waals surface area contributed by atoms with Crippen molar-refractivity contribution in [3.05, 3.63) is 24.3 Å². The van der Waals surface area contributed by atoms with Crippen molar-refractivity contribution in [1.82, 2.24) is 14.9 Å². The van der Waals surface area contributed by atoms with Crippen LogP contribution in [0.1, 0.15) is 19.8 Å². The summed E-state index contributed by atoms with van der Waals surface area (Å²) < 4.78 is 5.80. The fraction of sp³-hybridized carbons (Fsp3) is 0.550. The van der Waals surface area contributed by atoms with Crippen molar-refractivity contribution in [2.75, 3.05) is 49.2 Å². The van der Waals surface area contributed by atoms with E-state index in [0.29, 0.717) is 24.9 Å². The van der Waals surface area contributed by atoms with Crippen LogP contribution in [0, 0.1) is 5.92 Å². The third kappa shape index (κ3) is 3.98. The van der Waals surface area contributed by atoms with Crippen molar-refractivity contribution in [1.29, 1.82) is 0 Å². The molecule has 6 nitrogen and oxygen atoms in total. The summed E-state index contributed by atoms with van der Waals surface area (Å²) in [5, 5.41) is 0. The number of carbonyl (C=O) groups is 1.